The van der Waals surface area contributed by atoms with Crippen molar-refractivity contribution in [3.63, 3.8) is 0 Å². The molecule has 0 aromatic carbocycles. The third kappa shape index (κ3) is 2.78. The number of amides is 1. The second kappa shape index (κ2) is 5.43. The zero-order chi connectivity index (χ0) is 13.1. The molecule has 1 amide bonds. The van der Waals surface area contributed by atoms with Crippen LogP contribution in [-0.2, 0) is 4.79 Å². The Labute approximate surface area is 113 Å². The first kappa shape index (κ1) is 12.2. The summed E-state index contributed by atoms with van der Waals surface area (Å²) in [4.78, 5) is 18.2. The first-order valence-electron chi connectivity index (χ1n) is 6.84. The summed E-state index contributed by atoms with van der Waals surface area (Å²) in [7, 11) is 0. The number of ether oxygens (including phenoxy) is 1. The Morgan fingerprint density at radius 2 is 2.21 bits per heavy atom. The van der Waals surface area contributed by atoms with Crippen molar-refractivity contribution in [2.45, 2.75) is 25.4 Å². The van der Waals surface area contributed by atoms with Crippen molar-refractivity contribution in [3.8, 4) is 5.88 Å². The summed E-state index contributed by atoms with van der Waals surface area (Å²) in [6.45, 7) is 1.38. The Morgan fingerprint density at radius 1 is 1.32 bits per heavy atom. The van der Waals surface area contributed by atoms with Gasteiger partial charge >= 0.3 is 0 Å². The van der Waals surface area contributed by atoms with E-state index in [4.69, 9.17) is 4.74 Å². The topological polar surface area (TPSA) is 42.4 Å². The zero-order valence-electron chi connectivity index (χ0n) is 10.9. The summed E-state index contributed by atoms with van der Waals surface area (Å²) in [5.41, 5.74) is 0. The molecule has 0 N–H and O–H groups in total. The summed E-state index contributed by atoms with van der Waals surface area (Å²) in [6, 6.07) is 5.61. The lowest BCUT2D eigenvalue weighted by atomic mass is 9.92. The molecule has 100 valence electrons. The number of pyridine rings is 1. The molecule has 1 fully saturated rings. The fourth-order valence-corrected chi connectivity index (χ4v) is 2.56. The van der Waals surface area contributed by atoms with Crippen LogP contribution in [0.4, 0.5) is 0 Å². The largest absolute Gasteiger partial charge is 0.471 e. The number of allylic oxidation sites excluding steroid dienone is 2. The Hall–Kier alpha value is -1.84. The summed E-state index contributed by atoms with van der Waals surface area (Å²) in [5.74, 6) is 1.10. The smallest absolute Gasteiger partial charge is 0.226 e. The molecule has 1 aromatic rings. The number of likely N-dealkylation sites (tertiary alicyclic amines) is 1. The molecule has 4 nitrogen and oxygen atoms in total. The highest BCUT2D eigenvalue weighted by Gasteiger charge is 2.35. The maximum Gasteiger partial charge on any atom is 0.226 e. The quantitative estimate of drug-likeness (QED) is 0.779. The fraction of sp³-hybridized carbons (Fsp3) is 0.467. The van der Waals surface area contributed by atoms with Crippen LogP contribution in [-0.4, -0.2) is 35.0 Å². The van der Waals surface area contributed by atoms with Crippen LogP contribution in [0.25, 0.3) is 0 Å². The molecule has 0 radical (unpaired) electrons. The molecule has 1 aromatic heterocycles. The molecule has 1 unspecified atom stereocenters. The predicted octanol–water partition coefficient (Wildman–Crippen LogP) is 2.03. The van der Waals surface area contributed by atoms with Gasteiger partial charge in [-0.3, -0.25) is 4.79 Å². The molecule has 2 aliphatic rings. The van der Waals surface area contributed by atoms with Gasteiger partial charge in [-0.05, 0) is 25.3 Å². The number of aromatic nitrogens is 1. The van der Waals surface area contributed by atoms with Crippen molar-refractivity contribution in [2.75, 3.05) is 13.1 Å². The van der Waals surface area contributed by atoms with E-state index in [9.17, 15) is 4.79 Å². The maximum absolute atomic E-state index is 12.2. The van der Waals surface area contributed by atoms with Crippen LogP contribution in [0.3, 0.4) is 0 Å². The average Bonchev–Trinajstić information content (AvgIpc) is 2.44. The van der Waals surface area contributed by atoms with Crippen molar-refractivity contribution in [2.24, 2.45) is 5.92 Å². The molecular formula is C15H18N2O2. The van der Waals surface area contributed by atoms with Crippen LogP contribution in [0.1, 0.15) is 19.3 Å². The van der Waals surface area contributed by atoms with Crippen LogP contribution in [0, 0.1) is 5.92 Å². The minimum atomic E-state index is 0.0954. The number of hydrogen-bond acceptors (Lipinski definition) is 3. The Bertz CT molecular complexity index is 466. The lowest BCUT2D eigenvalue weighted by Crippen LogP contribution is -2.57. The van der Waals surface area contributed by atoms with E-state index in [1.54, 1.807) is 6.20 Å². The Balaban J connectivity index is 1.47. The molecule has 1 aliphatic carbocycles. The highest BCUT2D eigenvalue weighted by molar-refractivity contribution is 5.80. The van der Waals surface area contributed by atoms with Gasteiger partial charge in [-0.1, -0.05) is 18.2 Å². The van der Waals surface area contributed by atoms with Crippen LogP contribution < -0.4 is 4.74 Å². The normalized spacial score (nSPS) is 22.9. The van der Waals surface area contributed by atoms with Crippen molar-refractivity contribution in [1.82, 2.24) is 9.88 Å². The molecule has 1 saturated heterocycles. The van der Waals surface area contributed by atoms with Gasteiger partial charge < -0.3 is 9.64 Å². The number of carbonyl (C=O) groups excluding carboxylic acids is 1. The second-order valence-electron chi connectivity index (χ2n) is 5.13. The molecular weight excluding hydrogens is 240 g/mol. The van der Waals surface area contributed by atoms with Crippen LogP contribution >= 0.6 is 0 Å². The van der Waals surface area contributed by atoms with Gasteiger partial charge in [-0.2, -0.15) is 0 Å². The van der Waals surface area contributed by atoms with Gasteiger partial charge in [0.1, 0.15) is 6.10 Å². The van der Waals surface area contributed by atoms with Gasteiger partial charge in [0.25, 0.3) is 0 Å². The zero-order valence-corrected chi connectivity index (χ0v) is 10.9. The minimum Gasteiger partial charge on any atom is -0.471 e. The Kier molecular flexibility index (Phi) is 3.49. The Morgan fingerprint density at radius 3 is 2.89 bits per heavy atom. The average molecular weight is 258 g/mol. The fourth-order valence-electron chi connectivity index (χ4n) is 2.56. The molecule has 1 aliphatic heterocycles. The summed E-state index contributed by atoms with van der Waals surface area (Å²) in [6.07, 6.45) is 8.99. The molecule has 1 atom stereocenters. The molecule has 4 heteroatoms. The van der Waals surface area contributed by atoms with Crippen molar-refractivity contribution in [3.05, 3.63) is 36.5 Å². The van der Waals surface area contributed by atoms with Gasteiger partial charge in [-0.25, -0.2) is 4.98 Å². The van der Waals surface area contributed by atoms with Crippen molar-refractivity contribution in [1.29, 1.82) is 0 Å². The van der Waals surface area contributed by atoms with Gasteiger partial charge in [0.05, 0.1) is 13.1 Å². The third-order valence-corrected chi connectivity index (χ3v) is 3.70. The molecule has 2 heterocycles. The van der Waals surface area contributed by atoms with Crippen LogP contribution in [0.2, 0.25) is 0 Å². The maximum atomic E-state index is 12.2. The van der Waals surface area contributed by atoms with Gasteiger partial charge in [-0.15, -0.1) is 0 Å². The van der Waals surface area contributed by atoms with E-state index in [0.717, 1.165) is 19.3 Å². The monoisotopic (exact) mass is 258 g/mol. The number of nitrogens with zero attached hydrogens (tertiary/aromatic N) is 2. The standard InChI is InChI=1S/C15H18N2O2/c18-15(12-6-2-1-3-7-12)17-10-13(11-17)19-14-8-4-5-9-16-14/h1-2,4-5,8-9,12-13H,3,6-7,10-11H2. The predicted molar refractivity (Wildman–Crippen MR) is 71.7 cm³/mol. The van der Waals surface area contributed by atoms with E-state index in [1.807, 2.05) is 23.1 Å². The highest BCUT2D eigenvalue weighted by atomic mass is 16.5. The molecule has 0 spiro atoms. The third-order valence-electron chi connectivity index (χ3n) is 3.70. The lowest BCUT2D eigenvalue weighted by Gasteiger charge is -2.40. The van der Waals surface area contributed by atoms with E-state index in [-0.39, 0.29) is 17.9 Å². The highest BCUT2D eigenvalue weighted by Crippen LogP contribution is 2.24. The number of carbonyl (C=O) groups is 1. The van der Waals surface area contributed by atoms with Gasteiger partial charge in [0.2, 0.25) is 11.8 Å². The van der Waals surface area contributed by atoms with Crippen LogP contribution in [0.15, 0.2) is 36.5 Å². The van der Waals surface area contributed by atoms with Crippen LogP contribution in [0.5, 0.6) is 5.88 Å². The second-order valence-corrected chi connectivity index (χ2v) is 5.13. The van der Waals surface area contributed by atoms with Gasteiger partial charge in [0, 0.05) is 18.2 Å². The van der Waals surface area contributed by atoms with E-state index in [2.05, 4.69) is 17.1 Å². The van der Waals surface area contributed by atoms with E-state index in [1.165, 1.54) is 0 Å². The van der Waals surface area contributed by atoms with Gasteiger partial charge in [0.15, 0.2) is 0 Å². The first-order chi connectivity index (χ1) is 9.33. The van der Waals surface area contributed by atoms with E-state index < -0.39 is 0 Å². The summed E-state index contributed by atoms with van der Waals surface area (Å²) < 4.78 is 5.70. The minimum absolute atomic E-state index is 0.0954. The summed E-state index contributed by atoms with van der Waals surface area (Å²) >= 11 is 0. The molecule has 3 rings (SSSR count). The molecule has 19 heavy (non-hydrogen) atoms. The number of rotatable bonds is 3. The van der Waals surface area contributed by atoms with Crippen molar-refractivity contribution < 1.29 is 9.53 Å². The molecule has 0 saturated carbocycles. The van der Waals surface area contributed by atoms with E-state index >= 15 is 0 Å². The first-order valence-corrected chi connectivity index (χ1v) is 6.84. The van der Waals surface area contributed by atoms with E-state index in [0.29, 0.717) is 19.0 Å². The molecule has 0 bridgehead atoms. The lowest BCUT2D eigenvalue weighted by molar-refractivity contribution is -0.144. The van der Waals surface area contributed by atoms with Crippen molar-refractivity contribution >= 4 is 5.91 Å². The SMILES string of the molecule is O=C(C1CC=CCC1)N1CC(Oc2ccccn2)C1. The summed E-state index contributed by atoms with van der Waals surface area (Å²) in [5, 5.41) is 0. The number of hydrogen-bond donors (Lipinski definition) is 0.